The second kappa shape index (κ2) is 9.65. The molecule has 0 aliphatic carbocycles. The van der Waals surface area contributed by atoms with E-state index in [1.807, 2.05) is 19.9 Å². The fourth-order valence-corrected chi connectivity index (χ4v) is 4.64. The van der Waals surface area contributed by atoms with Gasteiger partial charge in [0, 0.05) is 36.0 Å². The van der Waals surface area contributed by atoms with Gasteiger partial charge >= 0.3 is 0 Å². The Kier molecular flexibility index (Phi) is 7.23. The van der Waals surface area contributed by atoms with Crippen LogP contribution in [0.3, 0.4) is 0 Å². The van der Waals surface area contributed by atoms with Crippen molar-refractivity contribution in [2.75, 3.05) is 26.2 Å². The van der Waals surface area contributed by atoms with Crippen molar-refractivity contribution in [2.45, 2.75) is 52.1 Å². The van der Waals surface area contributed by atoms with Crippen molar-refractivity contribution in [3.05, 3.63) is 21.4 Å². The minimum Gasteiger partial charge on any atom is -0.387 e. The first-order chi connectivity index (χ1) is 13.5. The number of hydroxylamine groups is 2. The number of aliphatic imine (C=N–C) groups is 1. The number of likely N-dealkylation sites (tertiary alicyclic amines) is 1. The van der Waals surface area contributed by atoms with E-state index in [-0.39, 0.29) is 5.91 Å². The van der Waals surface area contributed by atoms with Crippen molar-refractivity contribution in [3.63, 3.8) is 0 Å². The third-order valence-corrected chi connectivity index (χ3v) is 6.01. The number of thiophene rings is 1. The largest absolute Gasteiger partial charge is 0.387 e. The highest BCUT2D eigenvalue weighted by Gasteiger charge is 2.23. The minimum absolute atomic E-state index is 0.130. The monoisotopic (exact) mass is 405 g/mol. The molecule has 2 aliphatic heterocycles. The maximum absolute atomic E-state index is 12.9. The number of hydrogen-bond acceptors (Lipinski definition) is 7. The minimum atomic E-state index is -0.130. The van der Waals surface area contributed by atoms with Crippen LogP contribution < -0.4 is 11.5 Å². The van der Waals surface area contributed by atoms with Crippen LogP contribution in [0.25, 0.3) is 6.08 Å². The van der Waals surface area contributed by atoms with Crippen LogP contribution in [0.1, 0.15) is 49.3 Å². The molecule has 0 unspecified atom stereocenters. The van der Waals surface area contributed by atoms with Crippen molar-refractivity contribution in [1.82, 2.24) is 9.96 Å². The van der Waals surface area contributed by atoms with Crippen LogP contribution >= 0.6 is 11.3 Å². The van der Waals surface area contributed by atoms with E-state index >= 15 is 0 Å². The molecular formula is C20H31N5O2S. The van der Waals surface area contributed by atoms with Crippen LogP contribution in [0.15, 0.2) is 16.6 Å². The second-order valence-corrected chi connectivity index (χ2v) is 8.52. The normalized spacial score (nSPS) is 18.2. The van der Waals surface area contributed by atoms with Crippen LogP contribution in [-0.4, -0.2) is 54.0 Å². The number of nitrogens with zero attached hydrogens (tertiary/aromatic N) is 3. The first-order valence-corrected chi connectivity index (χ1v) is 10.9. The molecule has 0 saturated carbocycles. The molecule has 28 heavy (non-hydrogen) atoms. The summed E-state index contributed by atoms with van der Waals surface area (Å²) in [5, 5.41) is 1.44. The van der Waals surface area contributed by atoms with E-state index in [0.29, 0.717) is 37.0 Å². The molecule has 8 heteroatoms. The SMILES string of the molecule is CCCN(OCC)C(=O)C1=Cc2sc(CN3CCC(N)CC3)cc2N=C(N)C1. The number of rotatable bonds is 7. The molecule has 4 N–H and O–H groups in total. The van der Waals surface area contributed by atoms with Crippen LogP contribution in [0, 0.1) is 0 Å². The maximum Gasteiger partial charge on any atom is 0.273 e. The molecule has 0 spiro atoms. The Balaban J connectivity index is 1.79. The van der Waals surface area contributed by atoms with Gasteiger partial charge in [-0.3, -0.25) is 14.5 Å². The number of carbonyl (C=O) groups is 1. The summed E-state index contributed by atoms with van der Waals surface area (Å²) in [5.74, 6) is 0.328. The molecular weight excluding hydrogens is 374 g/mol. The van der Waals surface area contributed by atoms with Gasteiger partial charge in [-0.2, -0.15) is 0 Å². The summed E-state index contributed by atoms with van der Waals surface area (Å²) in [6, 6.07) is 2.42. The molecule has 1 saturated heterocycles. The summed E-state index contributed by atoms with van der Waals surface area (Å²) >= 11 is 1.68. The highest BCUT2D eigenvalue weighted by Crippen LogP contribution is 2.35. The molecule has 3 rings (SSSR count). The van der Waals surface area contributed by atoms with Crippen molar-refractivity contribution in [2.24, 2.45) is 16.5 Å². The van der Waals surface area contributed by atoms with E-state index in [0.717, 1.165) is 49.5 Å². The summed E-state index contributed by atoms with van der Waals surface area (Å²) < 4.78 is 0. The first-order valence-electron chi connectivity index (χ1n) is 10.1. The zero-order valence-electron chi connectivity index (χ0n) is 16.8. The van der Waals surface area contributed by atoms with Gasteiger partial charge < -0.3 is 11.5 Å². The lowest BCUT2D eigenvalue weighted by Crippen LogP contribution is -2.39. The predicted octanol–water partition coefficient (Wildman–Crippen LogP) is 2.64. The van der Waals surface area contributed by atoms with Crippen molar-refractivity contribution in [1.29, 1.82) is 0 Å². The lowest BCUT2D eigenvalue weighted by molar-refractivity contribution is -0.180. The van der Waals surface area contributed by atoms with Crippen LogP contribution in [0.2, 0.25) is 0 Å². The molecule has 2 aliphatic rings. The van der Waals surface area contributed by atoms with Gasteiger partial charge in [-0.25, -0.2) is 10.1 Å². The standard InChI is InChI=1S/C20H31N5O2S/c1-3-7-25(27-4-2)20(26)14-10-18-17(23-19(22)11-14)12-16(28-18)13-24-8-5-15(21)6-9-24/h10,12,15H,3-9,11,13,21H2,1-2H3,(H2,22,23). The molecule has 0 atom stereocenters. The van der Waals surface area contributed by atoms with E-state index < -0.39 is 0 Å². The molecule has 3 heterocycles. The Morgan fingerprint density at radius 1 is 1.39 bits per heavy atom. The Bertz CT molecular complexity index is 744. The fraction of sp³-hybridized carbons (Fsp3) is 0.600. The van der Waals surface area contributed by atoms with Crippen LogP contribution in [0.4, 0.5) is 5.69 Å². The third kappa shape index (κ3) is 5.20. The van der Waals surface area contributed by atoms with Crippen LogP contribution in [0.5, 0.6) is 0 Å². The molecule has 7 nitrogen and oxygen atoms in total. The van der Waals surface area contributed by atoms with Gasteiger partial charge in [0.15, 0.2) is 0 Å². The van der Waals surface area contributed by atoms with Gasteiger partial charge in [0.25, 0.3) is 5.91 Å². The van der Waals surface area contributed by atoms with Crippen molar-refractivity contribution in [3.8, 4) is 0 Å². The Morgan fingerprint density at radius 3 is 2.82 bits per heavy atom. The molecule has 1 aromatic rings. The van der Waals surface area contributed by atoms with Gasteiger partial charge in [-0.1, -0.05) is 6.92 Å². The molecule has 1 aromatic heterocycles. The number of amidine groups is 1. The number of amides is 1. The molecule has 1 amide bonds. The van der Waals surface area contributed by atoms with Gasteiger partial charge in [0.1, 0.15) is 5.84 Å². The zero-order chi connectivity index (χ0) is 20.1. The summed E-state index contributed by atoms with van der Waals surface area (Å²) in [7, 11) is 0. The number of nitrogens with two attached hydrogens (primary N) is 2. The molecule has 0 radical (unpaired) electrons. The lowest BCUT2D eigenvalue weighted by Gasteiger charge is -2.29. The van der Waals surface area contributed by atoms with E-state index in [2.05, 4.69) is 16.0 Å². The number of piperidine rings is 1. The quantitative estimate of drug-likeness (QED) is 0.680. The molecule has 1 fully saturated rings. The Hall–Kier alpha value is -1.74. The number of hydrogen-bond donors (Lipinski definition) is 2. The van der Waals surface area contributed by atoms with E-state index in [4.69, 9.17) is 16.3 Å². The number of carbonyl (C=O) groups excluding carboxylic acids is 1. The van der Waals surface area contributed by atoms with Gasteiger partial charge in [0.2, 0.25) is 0 Å². The average Bonchev–Trinajstić information content (AvgIpc) is 2.95. The second-order valence-electron chi connectivity index (χ2n) is 7.35. The highest BCUT2D eigenvalue weighted by atomic mass is 32.1. The third-order valence-electron chi connectivity index (χ3n) is 4.96. The summed E-state index contributed by atoms with van der Waals surface area (Å²) in [6.07, 6.45) is 5.19. The topological polar surface area (TPSA) is 97.2 Å². The van der Waals surface area contributed by atoms with Gasteiger partial charge in [-0.05, 0) is 51.4 Å². The highest BCUT2D eigenvalue weighted by molar-refractivity contribution is 7.13. The summed E-state index contributed by atoms with van der Waals surface area (Å²) in [4.78, 5) is 27.7. The summed E-state index contributed by atoms with van der Waals surface area (Å²) in [6.45, 7) is 7.84. The summed E-state index contributed by atoms with van der Waals surface area (Å²) in [5.41, 5.74) is 13.6. The molecule has 0 aromatic carbocycles. The first kappa shape index (κ1) is 21.0. The fourth-order valence-electron chi connectivity index (χ4n) is 3.53. The van der Waals surface area contributed by atoms with Gasteiger partial charge in [0.05, 0.1) is 17.2 Å². The zero-order valence-corrected chi connectivity index (χ0v) is 17.6. The van der Waals surface area contributed by atoms with Gasteiger partial charge in [-0.15, -0.1) is 11.3 Å². The predicted molar refractivity (Wildman–Crippen MR) is 114 cm³/mol. The van der Waals surface area contributed by atoms with Crippen LogP contribution in [-0.2, 0) is 16.2 Å². The van der Waals surface area contributed by atoms with E-state index in [1.54, 1.807) is 11.3 Å². The number of fused-ring (bicyclic) bond motifs is 1. The molecule has 154 valence electrons. The Labute approximate surface area is 171 Å². The van der Waals surface area contributed by atoms with E-state index in [1.165, 1.54) is 9.94 Å². The Morgan fingerprint density at radius 2 is 2.14 bits per heavy atom. The maximum atomic E-state index is 12.9. The average molecular weight is 406 g/mol. The van der Waals surface area contributed by atoms with E-state index in [9.17, 15) is 4.79 Å². The molecule has 0 bridgehead atoms. The smallest absolute Gasteiger partial charge is 0.273 e. The van der Waals surface area contributed by atoms with Crippen molar-refractivity contribution < 1.29 is 9.63 Å². The van der Waals surface area contributed by atoms with Crippen molar-refractivity contribution >= 4 is 34.8 Å². The lowest BCUT2D eigenvalue weighted by atomic mass is 10.1.